The minimum Gasteiger partial charge on any atom is -0.352 e. The molecule has 28 heavy (non-hydrogen) atoms. The van der Waals surface area contributed by atoms with Crippen LogP contribution in [0.2, 0.25) is 0 Å². The van der Waals surface area contributed by atoms with E-state index in [4.69, 9.17) is 0 Å². The molecule has 0 aliphatic carbocycles. The number of aromatic amines is 1. The van der Waals surface area contributed by atoms with E-state index in [9.17, 15) is 4.79 Å². The standard InChI is InChI=1S/C19H23N7OS/c1-13-24-25-19(28-13)26-5-3-14(11-26)6-15-7-16(9-20-8-15)18(27)22-4-2-17-10-21-12-23-17/h7-10,12,14H,2-6,11H2,1H3,(H,21,23)(H,22,27). The predicted molar refractivity (Wildman–Crippen MR) is 108 cm³/mol. The van der Waals surface area contributed by atoms with E-state index in [1.165, 1.54) is 0 Å². The molecule has 9 heteroatoms. The van der Waals surface area contributed by atoms with Crippen LogP contribution in [-0.2, 0) is 12.8 Å². The second-order valence-corrected chi connectivity index (χ2v) is 8.23. The van der Waals surface area contributed by atoms with Crippen molar-refractivity contribution in [3.8, 4) is 0 Å². The van der Waals surface area contributed by atoms with Gasteiger partial charge in [-0.3, -0.25) is 9.78 Å². The molecule has 8 nitrogen and oxygen atoms in total. The lowest BCUT2D eigenvalue weighted by atomic mass is 9.99. The minimum atomic E-state index is -0.0914. The quantitative estimate of drug-likeness (QED) is 0.633. The van der Waals surface area contributed by atoms with Gasteiger partial charge in [-0.2, -0.15) is 0 Å². The van der Waals surface area contributed by atoms with Gasteiger partial charge in [-0.25, -0.2) is 4.98 Å². The highest BCUT2D eigenvalue weighted by molar-refractivity contribution is 7.15. The number of carbonyl (C=O) groups excluding carboxylic acids is 1. The van der Waals surface area contributed by atoms with Crippen LogP contribution in [0.1, 0.15) is 33.0 Å². The van der Waals surface area contributed by atoms with E-state index in [-0.39, 0.29) is 5.91 Å². The number of nitrogens with zero attached hydrogens (tertiary/aromatic N) is 5. The van der Waals surface area contributed by atoms with E-state index in [2.05, 4.69) is 35.4 Å². The van der Waals surface area contributed by atoms with Gasteiger partial charge in [-0.05, 0) is 37.3 Å². The van der Waals surface area contributed by atoms with Crippen LogP contribution >= 0.6 is 11.3 Å². The number of carbonyl (C=O) groups is 1. The summed E-state index contributed by atoms with van der Waals surface area (Å²) in [5.41, 5.74) is 2.71. The van der Waals surface area contributed by atoms with Crippen molar-refractivity contribution in [3.05, 3.63) is 52.8 Å². The molecule has 1 aliphatic heterocycles. The molecule has 1 amide bonds. The molecule has 0 bridgehead atoms. The van der Waals surface area contributed by atoms with Crippen molar-refractivity contribution in [1.29, 1.82) is 0 Å². The van der Waals surface area contributed by atoms with Crippen LogP contribution < -0.4 is 10.2 Å². The molecular formula is C19H23N7OS. The third-order valence-electron chi connectivity index (χ3n) is 4.89. The highest BCUT2D eigenvalue weighted by Crippen LogP contribution is 2.28. The number of nitrogens with one attached hydrogen (secondary N) is 2. The van der Waals surface area contributed by atoms with Gasteiger partial charge in [-0.15, -0.1) is 10.2 Å². The molecule has 4 rings (SSSR count). The van der Waals surface area contributed by atoms with Crippen molar-refractivity contribution in [2.45, 2.75) is 26.2 Å². The number of anilines is 1. The zero-order chi connectivity index (χ0) is 19.3. The van der Waals surface area contributed by atoms with Crippen molar-refractivity contribution in [3.63, 3.8) is 0 Å². The summed E-state index contributed by atoms with van der Waals surface area (Å²) in [6, 6.07) is 1.95. The monoisotopic (exact) mass is 397 g/mol. The molecule has 3 aromatic heterocycles. The molecule has 0 aromatic carbocycles. The van der Waals surface area contributed by atoms with Crippen LogP contribution in [0.5, 0.6) is 0 Å². The molecule has 1 aliphatic rings. The summed E-state index contributed by atoms with van der Waals surface area (Å²) in [6.45, 7) is 4.51. The van der Waals surface area contributed by atoms with Gasteiger partial charge in [0.25, 0.3) is 5.91 Å². The maximum atomic E-state index is 12.4. The Bertz CT molecular complexity index is 924. The topological polar surface area (TPSA) is 99.7 Å². The Hall–Kier alpha value is -2.81. The fourth-order valence-corrected chi connectivity index (χ4v) is 4.20. The van der Waals surface area contributed by atoms with Crippen molar-refractivity contribution < 1.29 is 4.79 Å². The molecule has 0 spiro atoms. The molecule has 0 radical (unpaired) electrons. The fraction of sp³-hybridized carbons (Fsp3) is 0.421. The van der Waals surface area contributed by atoms with Crippen LogP contribution in [0, 0.1) is 12.8 Å². The van der Waals surface area contributed by atoms with Crippen LogP contribution in [0.15, 0.2) is 31.0 Å². The Balaban J connectivity index is 1.30. The third-order valence-corrected chi connectivity index (χ3v) is 5.79. The van der Waals surface area contributed by atoms with Crippen molar-refractivity contribution in [2.24, 2.45) is 5.92 Å². The molecule has 4 heterocycles. The lowest BCUT2D eigenvalue weighted by molar-refractivity contribution is 0.0953. The Labute approximate surface area is 167 Å². The average Bonchev–Trinajstić information content (AvgIpc) is 3.44. The third kappa shape index (κ3) is 4.53. The number of rotatable bonds is 7. The van der Waals surface area contributed by atoms with Gasteiger partial charge in [0.05, 0.1) is 11.9 Å². The van der Waals surface area contributed by atoms with E-state index in [0.717, 1.165) is 53.7 Å². The zero-order valence-electron chi connectivity index (χ0n) is 15.8. The van der Waals surface area contributed by atoms with Gasteiger partial charge >= 0.3 is 0 Å². The highest BCUT2D eigenvalue weighted by atomic mass is 32.1. The number of amides is 1. The lowest BCUT2D eigenvalue weighted by Crippen LogP contribution is -2.26. The fourth-order valence-electron chi connectivity index (χ4n) is 3.48. The van der Waals surface area contributed by atoms with Crippen LogP contribution in [0.3, 0.4) is 0 Å². The van der Waals surface area contributed by atoms with E-state index in [1.54, 1.807) is 30.1 Å². The lowest BCUT2D eigenvalue weighted by Gasteiger charge is -2.14. The smallest absolute Gasteiger partial charge is 0.252 e. The van der Waals surface area contributed by atoms with Gasteiger partial charge in [0.2, 0.25) is 5.13 Å². The number of imidazole rings is 1. The van der Waals surface area contributed by atoms with E-state index in [1.807, 2.05) is 19.2 Å². The number of hydrogen-bond donors (Lipinski definition) is 2. The molecule has 2 N–H and O–H groups in total. The first-order valence-electron chi connectivity index (χ1n) is 9.42. The van der Waals surface area contributed by atoms with Crippen LogP contribution in [-0.4, -0.2) is 50.7 Å². The van der Waals surface area contributed by atoms with E-state index in [0.29, 0.717) is 18.0 Å². The maximum Gasteiger partial charge on any atom is 0.252 e. The molecular weight excluding hydrogens is 374 g/mol. The second-order valence-electron chi connectivity index (χ2n) is 7.07. The first-order valence-corrected chi connectivity index (χ1v) is 10.2. The van der Waals surface area contributed by atoms with Crippen LogP contribution in [0.4, 0.5) is 5.13 Å². The Morgan fingerprint density at radius 3 is 3.04 bits per heavy atom. The molecule has 0 saturated carbocycles. The summed E-state index contributed by atoms with van der Waals surface area (Å²) >= 11 is 1.64. The molecule has 1 saturated heterocycles. The van der Waals surface area contributed by atoms with E-state index >= 15 is 0 Å². The zero-order valence-corrected chi connectivity index (χ0v) is 16.6. The molecule has 3 aromatic rings. The Kier molecular flexibility index (Phi) is 5.61. The summed E-state index contributed by atoms with van der Waals surface area (Å²) in [6.07, 6.45) is 9.64. The maximum absolute atomic E-state index is 12.4. The summed E-state index contributed by atoms with van der Waals surface area (Å²) in [5, 5.41) is 13.3. The number of aryl methyl sites for hydroxylation is 1. The molecule has 1 atom stereocenters. The van der Waals surface area contributed by atoms with Crippen molar-refractivity contribution in [1.82, 2.24) is 30.5 Å². The van der Waals surface area contributed by atoms with Crippen molar-refractivity contribution >= 4 is 22.4 Å². The minimum absolute atomic E-state index is 0.0914. The highest BCUT2D eigenvalue weighted by Gasteiger charge is 2.25. The number of pyridine rings is 1. The van der Waals surface area contributed by atoms with Crippen LogP contribution in [0.25, 0.3) is 0 Å². The number of H-pyrrole nitrogens is 1. The molecule has 1 unspecified atom stereocenters. The summed E-state index contributed by atoms with van der Waals surface area (Å²) in [4.78, 5) is 26.0. The Morgan fingerprint density at radius 1 is 1.32 bits per heavy atom. The number of aromatic nitrogens is 5. The van der Waals surface area contributed by atoms with Gasteiger partial charge < -0.3 is 15.2 Å². The predicted octanol–water partition coefficient (Wildman–Crippen LogP) is 2.01. The normalized spacial score (nSPS) is 16.5. The van der Waals surface area contributed by atoms with Gasteiger partial charge in [0.15, 0.2) is 0 Å². The summed E-state index contributed by atoms with van der Waals surface area (Å²) in [5.74, 6) is 0.441. The number of hydrogen-bond acceptors (Lipinski definition) is 7. The molecule has 1 fully saturated rings. The first-order chi connectivity index (χ1) is 13.7. The second kappa shape index (κ2) is 8.47. The summed E-state index contributed by atoms with van der Waals surface area (Å²) < 4.78 is 0. The van der Waals surface area contributed by atoms with Crippen molar-refractivity contribution in [2.75, 3.05) is 24.5 Å². The van der Waals surface area contributed by atoms with Gasteiger partial charge in [-0.1, -0.05) is 11.3 Å². The summed E-state index contributed by atoms with van der Waals surface area (Å²) in [7, 11) is 0. The first kappa shape index (κ1) is 18.5. The largest absolute Gasteiger partial charge is 0.352 e. The van der Waals surface area contributed by atoms with E-state index < -0.39 is 0 Å². The average molecular weight is 398 g/mol. The Morgan fingerprint density at radius 2 is 2.25 bits per heavy atom. The SMILES string of the molecule is Cc1nnc(N2CCC(Cc3cncc(C(=O)NCCc4cnc[nH]4)c3)C2)s1. The van der Waals surface area contributed by atoms with Gasteiger partial charge in [0, 0.05) is 50.3 Å². The van der Waals surface area contributed by atoms with Gasteiger partial charge in [0.1, 0.15) is 5.01 Å². The molecule has 146 valence electrons.